The zero-order valence-electron chi connectivity index (χ0n) is 13.7. The molecule has 23 heavy (non-hydrogen) atoms. The van der Waals surface area contributed by atoms with Crippen LogP contribution in [0, 0.1) is 16.0 Å². The predicted octanol–water partition coefficient (Wildman–Crippen LogP) is 2.03. The molecule has 7 heteroatoms. The molecular formula is C16H24N4O3. The van der Waals surface area contributed by atoms with Crippen LogP contribution in [-0.4, -0.2) is 49.1 Å². The summed E-state index contributed by atoms with van der Waals surface area (Å²) in [6, 6.07) is 6.62. The number of nitrogens with one attached hydrogen (secondary N) is 1. The average Bonchev–Trinajstić information content (AvgIpc) is 3.00. The Hall–Kier alpha value is -2.15. The van der Waals surface area contributed by atoms with Crippen molar-refractivity contribution >= 4 is 11.6 Å². The molecule has 1 heterocycles. The van der Waals surface area contributed by atoms with E-state index in [1.54, 1.807) is 19.2 Å². The lowest BCUT2D eigenvalue weighted by Gasteiger charge is -2.21. The third-order valence-electron chi connectivity index (χ3n) is 3.86. The van der Waals surface area contributed by atoms with Gasteiger partial charge in [-0.2, -0.15) is 0 Å². The Bertz CT molecular complexity index is 562. The maximum Gasteiger partial charge on any atom is 0.269 e. The lowest BCUT2D eigenvalue weighted by atomic mass is 10.1. The molecule has 0 bridgehead atoms. The summed E-state index contributed by atoms with van der Waals surface area (Å²) < 4.78 is 5.23. The Morgan fingerprint density at radius 2 is 2.39 bits per heavy atom. The summed E-state index contributed by atoms with van der Waals surface area (Å²) in [4.78, 5) is 17.3. The van der Waals surface area contributed by atoms with Crippen LogP contribution in [0.2, 0.25) is 0 Å². The average molecular weight is 320 g/mol. The van der Waals surface area contributed by atoms with Crippen LogP contribution in [0.3, 0.4) is 0 Å². The Balaban J connectivity index is 2.04. The summed E-state index contributed by atoms with van der Waals surface area (Å²) >= 11 is 0. The van der Waals surface area contributed by atoms with Gasteiger partial charge in [-0.1, -0.05) is 12.1 Å². The van der Waals surface area contributed by atoms with Crippen LogP contribution in [0.25, 0.3) is 0 Å². The Labute approximate surface area is 136 Å². The molecule has 0 amide bonds. The zero-order valence-corrected chi connectivity index (χ0v) is 13.7. The number of nitro groups is 1. The number of ether oxygens (including phenoxy) is 1. The van der Waals surface area contributed by atoms with Gasteiger partial charge < -0.3 is 15.0 Å². The number of hydrogen-bond acceptors (Lipinski definition) is 4. The molecule has 1 aromatic rings. The first-order valence-corrected chi connectivity index (χ1v) is 7.89. The highest BCUT2D eigenvalue weighted by Crippen LogP contribution is 2.17. The molecule has 7 nitrogen and oxygen atoms in total. The number of likely N-dealkylation sites (tertiary alicyclic amines) is 1. The molecular weight excluding hydrogens is 296 g/mol. The Morgan fingerprint density at radius 3 is 3.09 bits per heavy atom. The number of guanidine groups is 1. The number of hydrogen-bond donors (Lipinski definition) is 1. The van der Waals surface area contributed by atoms with Crippen LogP contribution in [0.1, 0.15) is 18.9 Å². The Kier molecular flexibility index (Phi) is 6.34. The molecule has 0 aliphatic carbocycles. The van der Waals surface area contributed by atoms with Crippen molar-refractivity contribution in [3.05, 3.63) is 39.9 Å². The minimum absolute atomic E-state index is 0.101. The maximum atomic E-state index is 10.8. The fourth-order valence-corrected chi connectivity index (χ4v) is 2.76. The molecule has 1 N–H and O–H groups in total. The van der Waals surface area contributed by atoms with Crippen molar-refractivity contribution in [1.82, 2.24) is 10.2 Å². The summed E-state index contributed by atoms with van der Waals surface area (Å²) in [6.07, 6.45) is 1.09. The van der Waals surface area contributed by atoms with E-state index in [0.717, 1.165) is 44.2 Å². The molecule has 0 spiro atoms. The molecule has 0 radical (unpaired) electrons. The minimum atomic E-state index is -0.381. The van der Waals surface area contributed by atoms with Gasteiger partial charge in [0.2, 0.25) is 0 Å². The van der Waals surface area contributed by atoms with Crippen molar-refractivity contribution in [1.29, 1.82) is 0 Å². The first kappa shape index (κ1) is 17.2. The van der Waals surface area contributed by atoms with E-state index in [2.05, 4.69) is 15.2 Å². The molecule has 1 aliphatic heterocycles. The van der Waals surface area contributed by atoms with E-state index in [-0.39, 0.29) is 10.6 Å². The number of rotatable bonds is 6. The van der Waals surface area contributed by atoms with Gasteiger partial charge in [-0.15, -0.1) is 0 Å². The highest BCUT2D eigenvalue weighted by molar-refractivity contribution is 5.80. The first-order chi connectivity index (χ1) is 11.1. The largest absolute Gasteiger partial charge is 0.384 e. The van der Waals surface area contributed by atoms with E-state index >= 15 is 0 Å². The highest BCUT2D eigenvalue weighted by Gasteiger charge is 2.24. The second-order valence-corrected chi connectivity index (χ2v) is 5.65. The third kappa shape index (κ3) is 4.92. The SMILES string of the molecule is CCNC(=NCc1cccc([N+](=O)[O-])c1)N1CCC(COC)C1. The molecule has 1 aliphatic rings. The lowest BCUT2D eigenvalue weighted by molar-refractivity contribution is -0.384. The second kappa shape index (κ2) is 8.47. The van der Waals surface area contributed by atoms with Gasteiger partial charge in [0.15, 0.2) is 5.96 Å². The molecule has 0 saturated carbocycles. The van der Waals surface area contributed by atoms with E-state index in [1.165, 1.54) is 6.07 Å². The van der Waals surface area contributed by atoms with Crippen LogP contribution in [0.15, 0.2) is 29.3 Å². The van der Waals surface area contributed by atoms with Crippen LogP contribution in [0.4, 0.5) is 5.69 Å². The molecule has 1 unspecified atom stereocenters. The fourth-order valence-electron chi connectivity index (χ4n) is 2.76. The number of nitro benzene ring substituents is 1. The third-order valence-corrected chi connectivity index (χ3v) is 3.86. The van der Waals surface area contributed by atoms with Crippen molar-refractivity contribution in [2.24, 2.45) is 10.9 Å². The van der Waals surface area contributed by atoms with Gasteiger partial charge in [0.05, 0.1) is 18.1 Å². The normalized spacial score (nSPS) is 18.3. The summed E-state index contributed by atoms with van der Waals surface area (Å²) in [5, 5.41) is 14.1. The number of methoxy groups -OCH3 is 1. The minimum Gasteiger partial charge on any atom is -0.384 e. The van der Waals surface area contributed by atoms with Gasteiger partial charge in [0, 0.05) is 44.8 Å². The van der Waals surface area contributed by atoms with Gasteiger partial charge in [-0.3, -0.25) is 10.1 Å². The maximum absolute atomic E-state index is 10.8. The smallest absolute Gasteiger partial charge is 0.269 e. The molecule has 1 fully saturated rings. The van der Waals surface area contributed by atoms with Crippen molar-refractivity contribution < 1.29 is 9.66 Å². The summed E-state index contributed by atoms with van der Waals surface area (Å²) in [7, 11) is 1.73. The van der Waals surface area contributed by atoms with Crippen molar-refractivity contribution in [2.75, 3.05) is 33.4 Å². The van der Waals surface area contributed by atoms with Crippen LogP contribution in [0.5, 0.6) is 0 Å². The number of non-ortho nitro benzene ring substituents is 1. The lowest BCUT2D eigenvalue weighted by Crippen LogP contribution is -2.40. The fraction of sp³-hybridized carbons (Fsp3) is 0.562. The van der Waals surface area contributed by atoms with Crippen LogP contribution < -0.4 is 5.32 Å². The van der Waals surface area contributed by atoms with Crippen molar-refractivity contribution in [3.63, 3.8) is 0 Å². The molecule has 0 aromatic heterocycles. The van der Waals surface area contributed by atoms with Crippen molar-refractivity contribution in [3.8, 4) is 0 Å². The van der Waals surface area contributed by atoms with E-state index in [0.29, 0.717) is 12.5 Å². The Morgan fingerprint density at radius 1 is 1.57 bits per heavy atom. The molecule has 1 atom stereocenters. The van der Waals surface area contributed by atoms with Crippen molar-refractivity contribution in [2.45, 2.75) is 19.9 Å². The summed E-state index contributed by atoms with van der Waals surface area (Å²) in [6.45, 7) is 5.89. The zero-order chi connectivity index (χ0) is 16.7. The van der Waals surface area contributed by atoms with Gasteiger partial charge in [0.25, 0.3) is 5.69 Å². The first-order valence-electron chi connectivity index (χ1n) is 7.89. The highest BCUT2D eigenvalue weighted by atomic mass is 16.6. The van der Waals surface area contributed by atoms with Gasteiger partial charge in [-0.25, -0.2) is 4.99 Å². The van der Waals surface area contributed by atoms with Crippen LogP contribution in [-0.2, 0) is 11.3 Å². The monoisotopic (exact) mass is 320 g/mol. The standard InChI is InChI=1S/C16H24N4O3/c1-3-17-16(19-8-7-14(11-19)12-23-2)18-10-13-5-4-6-15(9-13)20(21)22/h4-6,9,14H,3,7-8,10-12H2,1-2H3,(H,17,18). The number of aliphatic imine (C=N–C) groups is 1. The second-order valence-electron chi connectivity index (χ2n) is 5.65. The number of benzene rings is 1. The van der Waals surface area contributed by atoms with E-state index in [9.17, 15) is 10.1 Å². The van der Waals surface area contributed by atoms with E-state index in [4.69, 9.17) is 4.74 Å². The summed E-state index contributed by atoms with van der Waals surface area (Å²) in [5.74, 6) is 1.39. The number of nitrogens with zero attached hydrogens (tertiary/aromatic N) is 3. The van der Waals surface area contributed by atoms with Crippen LogP contribution >= 0.6 is 0 Å². The van der Waals surface area contributed by atoms with E-state index in [1.807, 2.05) is 13.0 Å². The summed E-state index contributed by atoms with van der Waals surface area (Å²) in [5.41, 5.74) is 0.936. The molecule has 2 rings (SSSR count). The quantitative estimate of drug-likeness (QED) is 0.375. The van der Waals surface area contributed by atoms with Gasteiger partial charge >= 0.3 is 0 Å². The van der Waals surface area contributed by atoms with Gasteiger partial charge in [-0.05, 0) is 18.9 Å². The molecule has 1 saturated heterocycles. The topological polar surface area (TPSA) is 80.0 Å². The van der Waals surface area contributed by atoms with E-state index < -0.39 is 0 Å². The predicted molar refractivity (Wildman–Crippen MR) is 89.5 cm³/mol. The molecule has 1 aromatic carbocycles. The van der Waals surface area contributed by atoms with Gasteiger partial charge in [0.1, 0.15) is 0 Å². The molecule has 126 valence electrons.